The maximum atomic E-state index is 13.2. The molecule has 2 rings (SSSR count). The predicted octanol–water partition coefficient (Wildman–Crippen LogP) is 3.22. The summed E-state index contributed by atoms with van der Waals surface area (Å²) in [6.45, 7) is 2.30. The van der Waals surface area contributed by atoms with Crippen LogP contribution < -0.4 is 5.73 Å². The second kappa shape index (κ2) is 5.11. The van der Waals surface area contributed by atoms with Gasteiger partial charge in [0.05, 0.1) is 0 Å². The lowest BCUT2D eigenvalue weighted by atomic mass is 9.90. The Bertz CT molecular complexity index is 494. The molecule has 1 nitrogen and oxygen atoms in total. The highest BCUT2D eigenvalue weighted by Gasteiger charge is 2.12. The van der Waals surface area contributed by atoms with E-state index in [9.17, 15) is 4.39 Å². The molecule has 0 aliphatic carbocycles. The highest BCUT2D eigenvalue weighted by molar-refractivity contribution is 5.35. The van der Waals surface area contributed by atoms with E-state index in [-0.39, 0.29) is 11.7 Å². The summed E-state index contributed by atoms with van der Waals surface area (Å²) in [7, 11) is 0. The molecule has 0 saturated heterocycles. The van der Waals surface area contributed by atoms with Crippen molar-refractivity contribution in [1.82, 2.24) is 0 Å². The minimum Gasteiger partial charge on any atom is -0.330 e. The maximum absolute atomic E-state index is 13.2. The number of nitrogens with two attached hydrogens (primary N) is 1. The molecule has 2 heteroatoms. The van der Waals surface area contributed by atoms with Gasteiger partial charge in [-0.25, -0.2) is 4.39 Å². The lowest BCUT2D eigenvalue weighted by molar-refractivity contribution is 0.616. The fraction of sp³-hybridized carbons (Fsp3) is 0.200. The normalized spacial score (nSPS) is 12.4. The molecule has 1 atom stereocenters. The van der Waals surface area contributed by atoms with Gasteiger partial charge in [0.15, 0.2) is 0 Å². The first-order valence-corrected chi connectivity index (χ1v) is 5.73. The number of benzene rings is 2. The summed E-state index contributed by atoms with van der Waals surface area (Å²) >= 11 is 0. The van der Waals surface area contributed by atoms with E-state index in [1.807, 2.05) is 30.3 Å². The quantitative estimate of drug-likeness (QED) is 0.859. The van der Waals surface area contributed by atoms with Crippen molar-refractivity contribution in [3.8, 4) is 0 Å². The molecule has 17 heavy (non-hydrogen) atoms. The van der Waals surface area contributed by atoms with E-state index in [0.29, 0.717) is 12.1 Å². The third-order valence-electron chi connectivity index (χ3n) is 3.02. The summed E-state index contributed by atoms with van der Waals surface area (Å²) in [4.78, 5) is 0. The smallest absolute Gasteiger partial charge is 0.126 e. The van der Waals surface area contributed by atoms with Crippen LogP contribution in [0.4, 0.5) is 4.39 Å². The topological polar surface area (TPSA) is 26.0 Å². The van der Waals surface area contributed by atoms with Crippen molar-refractivity contribution < 1.29 is 4.39 Å². The van der Waals surface area contributed by atoms with Gasteiger partial charge in [-0.05, 0) is 29.7 Å². The molecule has 0 aliphatic heterocycles. The fourth-order valence-corrected chi connectivity index (χ4v) is 2.03. The van der Waals surface area contributed by atoms with Gasteiger partial charge in [-0.1, -0.05) is 42.5 Å². The van der Waals surface area contributed by atoms with Crippen LogP contribution in [0.15, 0.2) is 48.5 Å². The van der Waals surface area contributed by atoms with Crippen molar-refractivity contribution in [2.24, 2.45) is 5.73 Å². The first-order valence-electron chi connectivity index (χ1n) is 5.73. The van der Waals surface area contributed by atoms with E-state index >= 15 is 0 Å². The second-order valence-electron chi connectivity index (χ2n) is 4.21. The molecular formula is C15H16FN. The van der Waals surface area contributed by atoms with Gasteiger partial charge >= 0.3 is 0 Å². The standard InChI is InChI=1S/C15H16FN/c1-11-9-13(7-8-15(11)16)14(10-17)12-5-3-2-4-6-12/h2-9,14H,10,17H2,1H3. The van der Waals surface area contributed by atoms with Crippen LogP contribution >= 0.6 is 0 Å². The average molecular weight is 229 g/mol. The van der Waals surface area contributed by atoms with Gasteiger partial charge in [-0.3, -0.25) is 0 Å². The predicted molar refractivity (Wildman–Crippen MR) is 68.5 cm³/mol. The Morgan fingerprint density at radius 2 is 1.76 bits per heavy atom. The van der Waals surface area contributed by atoms with Crippen molar-refractivity contribution in [1.29, 1.82) is 0 Å². The molecule has 0 heterocycles. The van der Waals surface area contributed by atoms with E-state index in [2.05, 4.69) is 12.1 Å². The van der Waals surface area contributed by atoms with Gasteiger partial charge in [-0.15, -0.1) is 0 Å². The lowest BCUT2D eigenvalue weighted by Crippen LogP contribution is -2.14. The molecule has 0 bridgehead atoms. The molecule has 0 radical (unpaired) electrons. The van der Waals surface area contributed by atoms with Crippen LogP contribution in [0.5, 0.6) is 0 Å². The molecule has 0 amide bonds. The van der Waals surface area contributed by atoms with Gasteiger partial charge in [0.2, 0.25) is 0 Å². The van der Waals surface area contributed by atoms with Crippen LogP contribution in [-0.2, 0) is 0 Å². The zero-order chi connectivity index (χ0) is 12.3. The van der Waals surface area contributed by atoms with Crippen molar-refractivity contribution in [2.75, 3.05) is 6.54 Å². The van der Waals surface area contributed by atoms with Crippen molar-refractivity contribution in [3.05, 3.63) is 71.0 Å². The number of rotatable bonds is 3. The molecule has 0 spiro atoms. The van der Waals surface area contributed by atoms with E-state index in [4.69, 9.17) is 5.73 Å². The minimum absolute atomic E-state index is 0.135. The SMILES string of the molecule is Cc1cc(C(CN)c2ccccc2)ccc1F. The number of hydrogen-bond acceptors (Lipinski definition) is 1. The summed E-state index contributed by atoms with van der Waals surface area (Å²) < 4.78 is 13.2. The molecule has 2 aromatic carbocycles. The average Bonchev–Trinajstić information content (AvgIpc) is 2.36. The van der Waals surface area contributed by atoms with Gasteiger partial charge in [-0.2, -0.15) is 0 Å². The third-order valence-corrected chi connectivity index (χ3v) is 3.02. The number of hydrogen-bond donors (Lipinski definition) is 1. The molecule has 0 saturated carbocycles. The molecule has 1 unspecified atom stereocenters. The highest BCUT2D eigenvalue weighted by atomic mass is 19.1. The summed E-state index contributed by atoms with van der Waals surface area (Å²) in [5, 5.41) is 0. The Kier molecular flexibility index (Phi) is 3.55. The molecular weight excluding hydrogens is 213 g/mol. The number of halogens is 1. The van der Waals surface area contributed by atoms with Gasteiger partial charge in [0.1, 0.15) is 5.82 Å². The first-order chi connectivity index (χ1) is 8.22. The molecule has 0 fully saturated rings. The van der Waals surface area contributed by atoms with E-state index in [1.54, 1.807) is 6.92 Å². The Labute approximate surface area is 101 Å². The van der Waals surface area contributed by atoms with Crippen LogP contribution in [0.3, 0.4) is 0 Å². The monoisotopic (exact) mass is 229 g/mol. The van der Waals surface area contributed by atoms with Crippen LogP contribution in [0.25, 0.3) is 0 Å². The summed E-state index contributed by atoms with van der Waals surface area (Å²) in [5.41, 5.74) is 8.73. The molecule has 0 aliphatic rings. The fourth-order valence-electron chi connectivity index (χ4n) is 2.03. The van der Waals surface area contributed by atoms with Gasteiger partial charge in [0.25, 0.3) is 0 Å². The second-order valence-corrected chi connectivity index (χ2v) is 4.21. The zero-order valence-corrected chi connectivity index (χ0v) is 9.86. The summed E-state index contributed by atoms with van der Waals surface area (Å²) in [5.74, 6) is -0.0342. The van der Waals surface area contributed by atoms with Crippen LogP contribution in [0.2, 0.25) is 0 Å². The Morgan fingerprint density at radius 1 is 1.06 bits per heavy atom. The van der Waals surface area contributed by atoms with Gasteiger partial charge < -0.3 is 5.73 Å². The third kappa shape index (κ3) is 2.53. The largest absolute Gasteiger partial charge is 0.330 e. The Morgan fingerprint density at radius 3 is 2.35 bits per heavy atom. The Hall–Kier alpha value is -1.67. The molecule has 2 N–H and O–H groups in total. The van der Waals surface area contributed by atoms with E-state index in [0.717, 1.165) is 5.56 Å². The Balaban J connectivity index is 2.39. The highest BCUT2D eigenvalue weighted by Crippen LogP contribution is 2.24. The van der Waals surface area contributed by atoms with Crippen LogP contribution in [0.1, 0.15) is 22.6 Å². The number of aryl methyl sites for hydroxylation is 1. The lowest BCUT2D eigenvalue weighted by Gasteiger charge is -2.16. The molecule has 88 valence electrons. The van der Waals surface area contributed by atoms with E-state index < -0.39 is 0 Å². The minimum atomic E-state index is -0.169. The maximum Gasteiger partial charge on any atom is 0.126 e. The van der Waals surface area contributed by atoms with Crippen LogP contribution in [-0.4, -0.2) is 6.54 Å². The molecule has 0 aromatic heterocycles. The van der Waals surface area contributed by atoms with Gasteiger partial charge in [0, 0.05) is 12.5 Å². The first kappa shape index (κ1) is 11.8. The summed E-state index contributed by atoms with van der Waals surface area (Å²) in [6.07, 6.45) is 0. The van der Waals surface area contributed by atoms with Crippen molar-refractivity contribution in [3.63, 3.8) is 0 Å². The van der Waals surface area contributed by atoms with Crippen molar-refractivity contribution in [2.45, 2.75) is 12.8 Å². The van der Waals surface area contributed by atoms with Crippen molar-refractivity contribution >= 4 is 0 Å². The van der Waals surface area contributed by atoms with Crippen LogP contribution in [0, 0.1) is 12.7 Å². The van der Waals surface area contributed by atoms with E-state index in [1.165, 1.54) is 11.6 Å². The molecule has 2 aromatic rings. The summed E-state index contributed by atoms with van der Waals surface area (Å²) in [6, 6.07) is 15.3. The zero-order valence-electron chi connectivity index (χ0n) is 9.86.